The molecule has 57 heavy (non-hydrogen) atoms. The van der Waals surface area contributed by atoms with Gasteiger partial charge in [-0.3, -0.25) is 23.2 Å². The van der Waals surface area contributed by atoms with Crippen LogP contribution in [0.25, 0.3) is 0 Å². The molecule has 1 rings (SSSR count). The van der Waals surface area contributed by atoms with Gasteiger partial charge in [-0.05, 0) is 45.4 Å². The van der Waals surface area contributed by atoms with Crippen molar-refractivity contribution in [2.24, 2.45) is 0 Å². The first-order valence-corrected chi connectivity index (χ1v) is 23.2. The average molecular weight is 855 g/mol. The molecule has 0 amide bonds. The van der Waals surface area contributed by atoms with Crippen LogP contribution >= 0.6 is 15.6 Å². The second kappa shape index (κ2) is 30.9. The van der Waals surface area contributed by atoms with Gasteiger partial charge in [-0.2, -0.15) is 0 Å². The van der Waals surface area contributed by atoms with Crippen LogP contribution in [0.1, 0.15) is 129 Å². The van der Waals surface area contributed by atoms with Gasteiger partial charge >= 0.3 is 27.6 Å². The van der Waals surface area contributed by atoms with Crippen molar-refractivity contribution in [3.63, 3.8) is 0 Å². The molecule has 18 heteroatoms. The maximum atomic E-state index is 12.9. The second-order valence-electron chi connectivity index (χ2n) is 14.0. The zero-order valence-electron chi connectivity index (χ0n) is 33.5. The number of aliphatic hydroxyl groups excluding tert-OH is 4. The lowest BCUT2D eigenvalue weighted by molar-refractivity contribution is -0.216. The first kappa shape index (κ1) is 53.0. The van der Waals surface area contributed by atoms with Gasteiger partial charge < -0.3 is 44.6 Å². The number of phosphoric acid groups is 2. The van der Waals surface area contributed by atoms with Gasteiger partial charge in [-0.25, -0.2) is 9.13 Å². The Bertz CT molecular complexity index is 1300. The summed E-state index contributed by atoms with van der Waals surface area (Å²) in [7, 11) is -10.6. The third-order valence-electron chi connectivity index (χ3n) is 9.00. The minimum Gasteiger partial charge on any atom is -0.462 e. The zero-order chi connectivity index (χ0) is 42.5. The van der Waals surface area contributed by atoms with Gasteiger partial charge in [0.25, 0.3) is 0 Å². The van der Waals surface area contributed by atoms with E-state index < -0.39 is 83.5 Å². The summed E-state index contributed by atoms with van der Waals surface area (Å²) in [5.41, 5.74) is 0. The molecule has 0 saturated heterocycles. The summed E-state index contributed by atoms with van der Waals surface area (Å²) in [6.45, 7) is 2.81. The molecule has 1 saturated carbocycles. The van der Waals surface area contributed by atoms with Crippen molar-refractivity contribution in [3.8, 4) is 0 Å². The van der Waals surface area contributed by atoms with Crippen LogP contribution in [0.5, 0.6) is 0 Å². The van der Waals surface area contributed by atoms with Crippen LogP contribution in [0.15, 0.2) is 48.6 Å². The number of rotatable bonds is 32. The summed E-state index contributed by atoms with van der Waals surface area (Å²) in [5, 5.41) is 41.3. The number of esters is 2. The van der Waals surface area contributed by atoms with Crippen LogP contribution < -0.4 is 0 Å². The molecular weight excluding hydrogens is 786 g/mol. The number of phosphoric ester groups is 2. The smallest absolute Gasteiger partial charge is 0.462 e. The first-order valence-electron chi connectivity index (χ1n) is 20.1. The van der Waals surface area contributed by atoms with E-state index in [-0.39, 0.29) is 12.8 Å². The fourth-order valence-electron chi connectivity index (χ4n) is 5.84. The highest BCUT2D eigenvalue weighted by Gasteiger charge is 2.54. The van der Waals surface area contributed by atoms with E-state index >= 15 is 0 Å². The average Bonchev–Trinajstić information content (AvgIpc) is 3.16. The summed E-state index contributed by atoms with van der Waals surface area (Å²) in [6, 6.07) is 0. The van der Waals surface area contributed by atoms with Gasteiger partial charge in [0.1, 0.15) is 43.2 Å². The zero-order valence-corrected chi connectivity index (χ0v) is 35.3. The van der Waals surface area contributed by atoms with Gasteiger partial charge in [0.2, 0.25) is 0 Å². The normalized spacial score (nSPS) is 23.5. The van der Waals surface area contributed by atoms with Crippen molar-refractivity contribution < 1.29 is 76.9 Å². The predicted octanol–water partition coefficient (Wildman–Crippen LogP) is 6.17. The number of aliphatic hydroxyl groups is 4. The van der Waals surface area contributed by atoms with Crippen molar-refractivity contribution >= 4 is 27.6 Å². The molecule has 330 valence electrons. The van der Waals surface area contributed by atoms with Gasteiger partial charge in [0.15, 0.2) is 6.10 Å². The van der Waals surface area contributed by atoms with Crippen molar-refractivity contribution in [3.05, 3.63) is 48.6 Å². The van der Waals surface area contributed by atoms with Gasteiger partial charge in [0, 0.05) is 12.8 Å². The fraction of sp³-hybridized carbons (Fsp3) is 0.744. The minimum absolute atomic E-state index is 0.0261. The van der Waals surface area contributed by atoms with Crippen LogP contribution in [-0.2, 0) is 41.8 Å². The highest BCUT2D eigenvalue weighted by atomic mass is 31.2. The Morgan fingerprint density at radius 1 is 0.596 bits per heavy atom. The lowest BCUT2D eigenvalue weighted by Gasteiger charge is -2.43. The largest absolute Gasteiger partial charge is 0.472 e. The Morgan fingerprint density at radius 3 is 1.56 bits per heavy atom. The van der Waals surface area contributed by atoms with E-state index in [0.29, 0.717) is 19.3 Å². The molecule has 1 fully saturated rings. The summed E-state index contributed by atoms with van der Waals surface area (Å²) < 4.78 is 48.8. The maximum Gasteiger partial charge on any atom is 0.472 e. The highest BCUT2D eigenvalue weighted by Crippen LogP contribution is 2.48. The van der Waals surface area contributed by atoms with Crippen LogP contribution in [0.3, 0.4) is 0 Å². The molecule has 0 spiro atoms. The topological polar surface area (TPSA) is 256 Å². The SMILES string of the molecule is C/C=C/C/C=C\C/C=C/C/C=C/CCCC(=O)O[C@H](COC(=O)CCCCCCCCCCCCC)COP(=O)(O)OC1[C@H](O)[C@H](O)C(OP(=O)(O)O)[C@H](O)[C@H]1O. The van der Waals surface area contributed by atoms with Crippen LogP contribution in [0, 0.1) is 0 Å². The number of hydrogen-bond donors (Lipinski definition) is 7. The highest BCUT2D eigenvalue weighted by molar-refractivity contribution is 7.47. The van der Waals surface area contributed by atoms with E-state index in [1.165, 1.54) is 38.5 Å². The first-order chi connectivity index (χ1) is 27.1. The van der Waals surface area contributed by atoms with Crippen molar-refractivity contribution in [1.29, 1.82) is 0 Å². The van der Waals surface area contributed by atoms with E-state index in [4.69, 9.17) is 28.3 Å². The predicted molar refractivity (Wildman–Crippen MR) is 213 cm³/mol. The van der Waals surface area contributed by atoms with E-state index in [1.54, 1.807) is 0 Å². The van der Waals surface area contributed by atoms with Crippen LogP contribution in [0.2, 0.25) is 0 Å². The van der Waals surface area contributed by atoms with E-state index in [2.05, 4.69) is 35.8 Å². The Balaban J connectivity index is 2.70. The summed E-state index contributed by atoms with van der Waals surface area (Å²) in [5.74, 6) is -1.26. The Morgan fingerprint density at radius 2 is 1.05 bits per heavy atom. The number of carbonyl (C=O) groups is 2. The lowest BCUT2D eigenvalue weighted by Crippen LogP contribution is -2.64. The molecule has 0 heterocycles. The Kier molecular flexibility index (Phi) is 28.7. The molecule has 0 aromatic heterocycles. The molecule has 3 unspecified atom stereocenters. The second-order valence-corrected chi connectivity index (χ2v) is 16.6. The minimum atomic E-state index is -5.31. The number of unbranched alkanes of at least 4 members (excludes halogenated alkanes) is 11. The summed E-state index contributed by atoms with van der Waals surface area (Å²) in [6.07, 6.45) is 17.1. The van der Waals surface area contributed by atoms with Gasteiger partial charge in [-0.15, -0.1) is 0 Å². The third kappa shape index (κ3) is 25.9. The lowest BCUT2D eigenvalue weighted by atomic mass is 9.85. The quantitative estimate of drug-likeness (QED) is 0.0173. The molecular formula is C39H68O16P2. The molecule has 0 radical (unpaired) electrons. The Labute approximate surface area is 337 Å². The monoisotopic (exact) mass is 854 g/mol. The fourth-order valence-corrected chi connectivity index (χ4v) is 7.38. The van der Waals surface area contributed by atoms with Crippen molar-refractivity contribution in [2.45, 2.75) is 172 Å². The molecule has 0 aliphatic heterocycles. The van der Waals surface area contributed by atoms with Crippen molar-refractivity contribution in [1.82, 2.24) is 0 Å². The third-order valence-corrected chi connectivity index (χ3v) is 10.5. The maximum absolute atomic E-state index is 12.9. The molecule has 0 aromatic rings. The molecule has 7 N–H and O–H groups in total. The molecule has 1 aliphatic carbocycles. The molecule has 8 atom stereocenters. The van der Waals surface area contributed by atoms with E-state index in [0.717, 1.165) is 44.9 Å². The Hall–Kier alpha value is -2.04. The number of allylic oxidation sites excluding steroid dienone is 8. The van der Waals surface area contributed by atoms with Crippen molar-refractivity contribution in [2.75, 3.05) is 13.2 Å². The van der Waals surface area contributed by atoms with Gasteiger partial charge in [-0.1, -0.05) is 120 Å². The number of hydrogen-bond acceptors (Lipinski definition) is 13. The summed E-state index contributed by atoms with van der Waals surface area (Å²) in [4.78, 5) is 53.7. The number of carbonyl (C=O) groups excluding carboxylic acids is 2. The molecule has 16 nitrogen and oxygen atoms in total. The molecule has 1 aliphatic rings. The number of ether oxygens (including phenoxy) is 2. The van der Waals surface area contributed by atoms with E-state index in [9.17, 15) is 44.0 Å². The standard InChI is InChI=1S/C39H68O16P2/c1-3-5-7-9-11-13-15-16-18-20-22-24-26-28-33(41)53-31(29-51-32(40)27-25-23-21-19-17-14-12-10-8-6-4-2)30-52-57(49,50)55-39-36(44)34(42)38(35(43)37(39)45)54-56(46,47)48/h3,5,9,11,15-16,20,22,31,34-39,42-45H,4,6-8,10,12-14,17-19,21,23-30H2,1-2H3,(H,49,50)(H2,46,47,48)/b5-3+,11-9-,16-15+,22-20+/t31-,34-,35+,36-,37-,38?,39?/m1/s1. The van der Waals surface area contributed by atoms with Gasteiger partial charge in [0.05, 0.1) is 6.61 Å². The van der Waals surface area contributed by atoms with Crippen LogP contribution in [-0.4, -0.2) is 103 Å². The van der Waals surface area contributed by atoms with E-state index in [1.807, 2.05) is 31.2 Å². The van der Waals surface area contributed by atoms with Crippen LogP contribution in [0.4, 0.5) is 0 Å². The molecule has 0 aromatic carbocycles. The molecule has 0 bridgehead atoms. The summed E-state index contributed by atoms with van der Waals surface area (Å²) >= 11 is 0.